The molecule has 5 nitrogen and oxygen atoms in total. The maximum atomic E-state index is 11.5. The van der Waals surface area contributed by atoms with Crippen LogP contribution in [0.15, 0.2) is 0 Å². The number of nitrogens with zero attached hydrogens (tertiary/aromatic N) is 2. The van der Waals surface area contributed by atoms with Crippen LogP contribution in [0.25, 0.3) is 0 Å². The fourth-order valence-corrected chi connectivity index (χ4v) is 2.22. The molecule has 1 saturated carbocycles. The second-order valence-electron chi connectivity index (χ2n) is 4.79. The van der Waals surface area contributed by atoms with Crippen molar-refractivity contribution in [1.82, 2.24) is 14.7 Å². The zero-order valence-corrected chi connectivity index (χ0v) is 11.7. The number of rotatable bonds is 7. The van der Waals surface area contributed by atoms with Gasteiger partial charge in [0.25, 0.3) is 0 Å². The minimum absolute atomic E-state index is 0.0868. The highest BCUT2D eigenvalue weighted by molar-refractivity contribution is 7.09. The summed E-state index contributed by atoms with van der Waals surface area (Å²) < 4.78 is 4.31. The molecular weight excluding hydrogens is 248 g/mol. The molecular formula is C12H20N4OS. The highest BCUT2D eigenvalue weighted by Crippen LogP contribution is 2.39. The summed E-state index contributed by atoms with van der Waals surface area (Å²) in [7, 11) is 0. The number of amides is 1. The van der Waals surface area contributed by atoms with Gasteiger partial charge >= 0.3 is 0 Å². The lowest BCUT2D eigenvalue weighted by Crippen LogP contribution is -2.32. The monoisotopic (exact) mass is 268 g/mol. The fourth-order valence-electron chi connectivity index (χ4n) is 1.55. The number of hydrogen-bond acceptors (Lipinski definition) is 5. The standard InChI is InChI=1S/C12H20N4OS/c1-3-8(2)14-10(17)6-7-13-12-15-11(16-18-12)9-4-5-9/h8-9H,3-7H2,1-2H3,(H,14,17)(H,13,15,16). The molecule has 1 unspecified atom stereocenters. The molecule has 1 aliphatic rings. The third-order valence-electron chi connectivity index (χ3n) is 3.03. The van der Waals surface area contributed by atoms with E-state index in [4.69, 9.17) is 0 Å². The van der Waals surface area contributed by atoms with Gasteiger partial charge in [0.15, 0.2) is 0 Å². The molecule has 1 atom stereocenters. The average molecular weight is 268 g/mol. The van der Waals surface area contributed by atoms with Crippen LogP contribution in [0.1, 0.15) is 51.3 Å². The molecule has 1 aromatic heterocycles. The third kappa shape index (κ3) is 3.94. The van der Waals surface area contributed by atoms with Gasteiger partial charge in [-0.2, -0.15) is 4.37 Å². The summed E-state index contributed by atoms with van der Waals surface area (Å²) in [5.41, 5.74) is 0. The van der Waals surface area contributed by atoms with E-state index in [9.17, 15) is 4.79 Å². The Balaban J connectivity index is 1.66. The van der Waals surface area contributed by atoms with E-state index >= 15 is 0 Å². The van der Waals surface area contributed by atoms with E-state index in [0.29, 0.717) is 18.9 Å². The van der Waals surface area contributed by atoms with Crippen molar-refractivity contribution in [1.29, 1.82) is 0 Å². The number of carbonyl (C=O) groups excluding carboxylic acids is 1. The number of hydrogen-bond donors (Lipinski definition) is 2. The molecule has 100 valence electrons. The van der Waals surface area contributed by atoms with Crippen LogP contribution in [-0.2, 0) is 4.79 Å². The van der Waals surface area contributed by atoms with Gasteiger partial charge in [-0.15, -0.1) is 0 Å². The van der Waals surface area contributed by atoms with E-state index < -0.39 is 0 Å². The minimum Gasteiger partial charge on any atom is -0.360 e. The summed E-state index contributed by atoms with van der Waals surface area (Å²) in [4.78, 5) is 16.0. The zero-order valence-electron chi connectivity index (χ0n) is 10.9. The Hall–Kier alpha value is -1.17. The largest absolute Gasteiger partial charge is 0.360 e. The predicted molar refractivity (Wildman–Crippen MR) is 72.9 cm³/mol. The van der Waals surface area contributed by atoms with Crippen molar-refractivity contribution < 1.29 is 4.79 Å². The van der Waals surface area contributed by atoms with Gasteiger partial charge in [-0.1, -0.05) is 6.92 Å². The van der Waals surface area contributed by atoms with Crippen LogP contribution in [0.5, 0.6) is 0 Å². The molecule has 2 N–H and O–H groups in total. The number of carbonyl (C=O) groups is 1. The molecule has 2 rings (SSSR count). The van der Waals surface area contributed by atoms with Gasteiger partial charge in [0.05, 0.1) is 0 Å². The summed E-state index contributed by atoms with van der Waals surface area (Å²) in [6, 6.07) is 0.250. The van der Waals surface area contributed by atoms with E-state index in [-0.39, 0.29) is 11.9 Å². The summed E-state index contributed by atoms with van der Waals surface area (Å²) >= 11 is 1.38. The van der Waals surface area contributed by atoms with Crippen molar-refractivity contribution in [2.75, 3.05) is 11.9 Å². The smallest absolute Gasteiger partial charge is 0.221 e. The highest BCUT2D eigenvalue weighted by Gasteiger charge is 2.27. The SMILES string of the molecule is CCC(C)NC(=O)CCNc1nc(C2CC2)ns1. The van der Waals surface area contributed by atoms with Gasteiger partial charge in [0.2, 0.25) is 11.0 Å². The van der Waals surface area contributed by atoms with E-state index in [1.54, 1.807) is 0 Å². The van der Waals surface area contributed by atoms with Crippen molar-refractivity contribution >= 4 is 22.6 Å². The number of aromatic nitrogens is 2. The Morgan fingerprint density at radius 2 is 2.33 bits per heavy atom. The van der Waals surface area contributed by atoms with E-state index in [1.807, 2.05) is 6.92 Å². The highest BCUT2D eigenvalue weighted by atomic mass is 32.1. The fraction of sp³-hybridized carbons (Fsp3) is 0.750. The molecule has 0 aliphatic heterocycles. The van der Waals surface area contributed by atoms with Crippen LogP contribution >= 0.6 is 11.5 Å². The lowest BCUT2D eigenvalue weighted by atomic mass is 10.2. The molecule has 0 radical (unpaired) electrons. The average Bonchev–Trinajstić information content (AvgIpc) is 3.10. The Bertz CT molecular complexity index is 403. The Labute approximate surface area is 112 Å². The van der Waals surface area contributed by atoms with Gasteiger partial charge in [0, 0.05) is 36.5 Å². The van der Waals surface area contributed by atoms with Crippen molar-refractivity contribution in [2.45, 2.75) is 51.5 Å². The molecule has 1 amide bonds. The van der Waals surface area contributed by atoms with Crippen LogP contribution in [0.4, 0.5) is 5.13 Å². The molecule has 1 aliphatic carbocycles. The minimum atomic E-state index is 0.0868. The van der Waals surface area contributed by atoms with Crippen LogP contribution < -0.4 is 10.6 Å². The first-order valence-corrected chi connectivity index (χ1v) is 7.33. The first kappa shape index (κ1) is 13.3. The lowest BCUT2D eigenvalue weighted by molar-refractivity contribution is -0.121. The van der Waals surface area contributed by atoms with Gasteiger partial charge in [0.1, 0.15) is 5.82 Å². The lowest BCUT2D eigenvalue weighted by Gasteiger charge is -2.11. The maximum Gasteiger partial charge on any atom is 0.221 e. The summed E-state index contributed by atoms with van der Waals surface area (Å²) in [6.07, 6.45) is 3.87. The van der Waals surface area contributed by atoms with Crippen molar-refractivity contribution in [3.8, 4) is 0 Å². The summed E-state index contributed by atoms with van der Waals surface area (Å²) in [6.45, 7) is 4.68. The molecule has 0 spiro atoms. The van der Waals surface area contributed by atoms with Crippen LogP contribution in [0.2, 0.25) is 0 Å². The molecule has 18 heavy (non-hydrogen) atoms. The third-order valence-corrected chi connectivity index (χ3v) is 3.72. The second kappa shape index (κ2) is 6.13. The van der Waals surface area contributed by atoms with Gasteiger partial charge in [-0.3, -0.25) is 4.79 Å². The molecule has 1 heterocycles. The molecule has 0 bridgehead atoms. The molecule has 1 aromatic rings. The van der Waals surface area contributed by atoms with Crippen molar-refractivity contribution in [3.05, 3.63) is 5.82 Å². The molecule has 0 aromatic carbocycles. The van der Waals surface area contributed by atoms with Crippen molar-refractivity contribution in [2.24, 2.45) is 0 Å². The predicted octanol–water partition coefficient (Wildman–Crippen LogP) is 2.13. The first-order chi connectivity index (χ1) is 8.69. The van der Waals surface area contributed by atoms with E-state index in [1.165, 1.54) is 24.4 Å². The Kier molecular flexibility index (Phi) is 4.52. The van der Waals surface area contributed by atoms with Crippen molar-refractivity contribution in [3.63, 3.8) is 0 Å². The summed E-state index contributed by atoms with van der Waals surface area (Å²) in [5, 5.41) is 6.92. The topological polar surface area (TPSA) is 66.9 Å². The van der Waals surface area contributed by atoms with Gasteiger partial charge < -0.3 is 10.6 Å². The quantitative estimate of drug-likeness (QED) is 0.795. The number of anilines is 1. The molecule has 1 fully saturated rings. The summed E-state index contributed by atoms with van der Waals surface area (Å²) in [5.74, 6) is 1.64. The first-order valence-electron chi connectivity index (χ1n) is 6.56. The van der Waals surface area contributed by atoms with E-state index in [2.05, 4.69) is 26.9 Å². The normalized spacial score (nSPS) is 16.3. The maximum absolute atomic E-state index is 11.5. The van der Waals surface area contributed by atoms with E-state index in [0.717, 1.165) is 17.4 Å². The Morgan fingerprint density at radius 1 is 1.56 bits per heavy atom. The van der Waals surface area contributed by atoms with Crippen LogP contribution in [0.3, 0.4) is 0 Å². The Morgan fingerprint density at radius 3 is 3.00 bits per heavy atom. The second-order valence-corrected chi connectivity index (χ2v) is 5.54. The zero-order chi connectivity index (χ0) is 13.0. The number of nitrogens with one attached hydrogen (secondary N) is 2. The molecule has 0 saturated heterocycles. The van der Waals surface area contributed by atoms with Crippen LogP contribution in [-0.4, -0.2) is 27.9 Å². The van der Waals surface area contributed by atoms with Crippen LogP contribution in [0, 0.1) is 0 Å². The molecule has 6 heteroatoms. The van der Waals surface area contributed by atoms with Gasteiger partial charge in [-0.05, 0) is 26.2 Å². The van der Waals surface area contributed by atoms with Gasteiger partial charge in [-0.25, -0.2) is 4.98 Å².